The number of likely N-dealkylation sites (tertiary alicyclic amines) is 1. The summed E-state index contributed by atoms with van der Waals surface area (Å²) in [7, 11) is -4.05. The molecule has 1 fully saturated rings. The molecule has 456 valence electrons. The van der Waals surface area contributed by atoms with Crippen LogP contribution in [0.2, 0.25) is 0 Å². The molecule has 6 heterocycles. The number of fused-ring (bicyclic) bond motifs is 5. The van der Waals surface area contributed by atoms with Crippen LogP contribution in [0.4, 0.5) is 9.52 Å². The third kappa shape index (κ3) is 13.9. The van der Waals surface area contributed by atoms with Crippen LogP contribution in [0.3, 0.4) is 0 Å². The number of anilines is 1. The second-order valence-corrected chi connectivity index (χ2v) is 23.8. The number of halogens is 1. The number of esters is 2. The number of sulfonamides is 1. The summed E-state index contributed by atoms with van der Waals surface area (Å²) in [4.78, 5) is 114. The third-order valence-electron chi connectivity index (χ3n) is 15.1. The number of aliphatic hydroxyl groups excluding tert-OH is 1. The Hall–Kier alpha value is -6.97. The number of nitrogens with zero attached hydrogens (tertiary/aromatic N) is 5. The molecule has 1 aromatic carbocycles. The van der Waals surface area contributed by atoms with Crippen LogP contribution in [0.25, 0.3) is 22.3 Å². The molecule has 4 amide bonds. The van der Waals surface area contributed by atoms with Gasteiger partial charge in [-0.15, -0.1) is 10.2 Å². The minimum absolute atomic E-state index is 0.0270. The number of aryl methyl sites for hydroxylation is 1. The smallest absolute Gasteiger partial charge is 0.355 e. The van der Waals surface area contributed by atoms with Crippen LogP contribution < -0.4 is 37.7 Å². The van der Waals surface area contributed by atoms with Gasteiger partial charge >= 0.3 is 17.9 Å². The number of carbonyl (C=O) groups is 7. The van der Waals surface area contributed by atoms with Crippen molar-refractivity contribution in [1.82, 2.24) is 40.6 Å². The molecule has 3 aromatic heterocycles. The van der Waals surface area contributed by atoms with Gasteiger partial charge in [0.1, 0.15) is 36.8 Å². The number of hydrogen-bond acceptors (Lipinski definition) is 22. The Balaban J connectivity index is 0.798. The first kappa shape index (κ1) is 63.1. The van der Waals surface area contributed by atoms with Gasteiger partial charge in [-0.1, -0.05) is 32.1 Å². The van der Waals surface area contributed by atoms with E-state index in [-0.39, 0.29) is 108 Å². The van der Waals surface area contributed by atoms with Crippen molar-refractivity contribution in [2.24, 2.45) is 16.8 Å². The predicted octanol–water partition coefficient (Wildman–Crippen LogP) is 0.381. The lowest BCUT2D eigenvalue weighted by atomic mass is 9.82. The van der Waals surface area contributed by atoms with E-state index in [0.717, 1.165) is 21.4 Å². The van der Waals surface area contributed by atoms with Crippen LogP contribution in [0, 0.1) is 18.7 Å². The number of nitrogens with two attached hydrogens (primary N) is 2. The monoisotopic (exact) mass is 1210 g/mol. The fraction of sp³-hybridized carbons (Fsp3) is 0.566. The predicted molar refractivity (Wildman–Crippen MR) is 294 cm³/mol. The van der Waals surface area contributed by atoms with Gasteiger partial charge in [-0.3, -0.25) is 34.1 Å². The number of nitrogens with one attached hydrogen (secondary N) is 4. The molecule has 0 spiro atoms. The number of hydrogen-bond donors (Lipinski definition) is 8. The molecule has 31 heteroatoms. The highest BCUT2D eigenvalue weighted by molar-refractivity contribution is 7.91. The lowest BCUT2D eigenvalue weighted by Crippen LogP contribution is -2.57. The van der Waals surface area contributed by atoms with Crippen LogP contribution >= 0.6 is 11.3 Å². The summed E-state index contributed by atoms with van der Waals surface area (Å²) >= 11 is 0.593. The molecule has 4 aliphatic rings. The number of carboxylic acid groups (broad SMARTS) is 1. The molecule has 1 aliphatic carbocycles. The van der Waals surface area contributed by atoms with E-state index in [0.29, 0.717) is 58.6 Å². The third-order valence-corrected chi connectivity index (χ3v) is 17.3. The first-order valence-electron chi connectivity index (χ1n) is 27.4. The summed E-state index contributed by atoms with van der Waals surface area (Å²) in [5.41, 5.74) is 8.04. The van der Waals surface area contributed by atoms with E-state index >= 15 is 4.39 Å². The zero-order chi connectivity index (χ0) is 60.8. The van der Waals surface area contributed by atoms with Gasteiger partial charge in [0.2, 0.25) is 38.7 Å². The number of amides is 4. The number of carbonyl (C=O) groups excluding carboxylic acids is 6. The quantitative estimate of drug-likeness (QED) is 0.0145. The molecule has 6 atom stereocenters. The maximum atomic E-state index is 15.3. The zero-order valence-corrected chi connectivity index (χ0v) is 48.3. The Morgan fingerprint density at radius 1 is 0.964 bits per heavy atom. The van der Waals surface area contributed by atoms with Crippen molar-refractivity contribution >= 4 is 78.9 Å². The molecule has 10 N–H and O–H groups in total. The first-order valence-corrected chi connectivity index (χ1v) is 29.8. The lowest BCUT2D eigenvalue weighted by molar-refractivity contribution is -0.191. The molecule has 0 radical (unpaired) electrons. The van der Waals surface area contributed by atoms with Crippen molar-refractivity contribution in [2.45, 2.75) is 139 Å². The maximum Gasteiger partial charge on any atom is 0.355 e. The average Bonchev–Trinajstić information content (AvgIpc) is 1.46. The maximum absolute atomic E-state index is 15.3. The van der Waals surface area contributed by atoms with E-state index in [4.69, 9.17) is 39.5 Å². The molecule has 0 saturated carbocycles. The van der Waals surface area contributed by atoms with Crippen molar-refractivity contribution in [3.05, 3.63) is 61.7 Å². The number of rotatable bonds is 28. The SMILES string of the molecule is CC[C@@]1(OC(=O)[C@@H](NC(=O)[C@@H]2CCCN2C(=O)[C@H](CC(=O)O)NC(=O)CCOCCOCCOCCNC(O)CCC(=O)Nc2nnc(S(N)(=O)=O)s2)C(C)C)C(=O)OCc2c1cc1n(c2=O)Cc2c-1nc1cc(F)c(C)c3c1c2[C@@H](N)CC3. The van der Waals surface area contributed by atoms with Crippen LogP contribution in [-0.4, -0.2) is 162 Å². The summed E-state index contributed by atoms with van der Waals surface area (Å²) in [6, 6.07) is -1.67. The van der Waals surface area contributed by atoms with Crippen LogP contribution in [0.15, 0.2) is 21.3 Å². The van der Waals surface area contributed by atoms with E-state index in [1.807, 2.05) is 0 Å². The van der Waals surface area contributed by atoms with Gasteiger partial charge in [-0.25, -0.2) is 32.5 Å². The van der Waals surface area contributed by atoms with E-state index in [1.165, 1.54) is 10.6 Å². The summed E-state index contributed by atoms with van der Waals surface area (Å²) in [5, 5.41) is 42.7. The highest BCUT2D eigenvalue weighted by atomic mass is 32.2. The standard InChI is InChI=1S/C53H68FN11O17S2/c1-5-53(31-21-37-45-29(24-65(37)47(72)30(31)25-81-50(53)75)42-33(55)9-8-28-27(4)32(54)22-34(59-45)43(28)42)82-49(74)44(26(2)3)61-46(71)36-7-6-14-64(36)48(73)35(23-41(69)70)58-40(68)12-15-78-17-19-80-20-18-79-16-13-57-38(66)10-11-39(67)60-51-62-63-52(83-51)84(56,76)77/h21-22,26,33,35-36,38,44,57,66H,5-20,23-25,55H2,1-4H3,(H,58,68)(H,61,71)(H,69,70)(H2,56,76,77)(H,60,62,67)/t33-,35-,36-,38?,44-,53-/m0/s1. The van der Waals surface area contributed by atoms with Crippen molar-refractivity contribution in [3.8, 4) is 11.4 Å². The van der Waals surface area contributed by atoms with Crippen molar-refractivity contribution in [1.29, 1.82) is 0 Å². The lowest BCUT2D eigenvalue weighted by Gasteiger charge is -2.37. The average molecular weight is 1210 g/mol. The highest BCUT2D eigenvalue weighted by Gasteiger charge is 2.52. The van der Waals surface area contributed by atoms with Gasteiger partial charge in [-0.2, -0.15) is 0 Å². The zero-order valence-electron chi connectivity index (χ0n) is 46.7. The van der Waals surface area contributed by atoms with E-state index in [2.05, 4.69) is 31.5 Å². The number of pyridine rings is 2. The molecular formula is C53H68FN11O17S2. The number of primary sulfonamides is 1. The van der Waals surface area contributed by atoms with Crippen molar-refractivity contribution in [3.63, 3.8) is 0 Å². The fourth-order valence-electron chi connectivity index (χ4n) is 10.8. The first-order chi connectivity index (χ1) is 39.9. The number of ether oxygens (including phenoxy) is 5. The van der Waals surface area contributed by atoms with E-state index < -0.39 is 122 Å². The summed E-state index contributed by atoms with van der Waals surface area (Å²) in [6.45, 7) is 7.19. The van der Waals surface area contributed by atoms with Crippen LogP contribution in [0.1, 0.15) is 112 Å². The van der Waals surface area contributed by atoms with Gasteiger partial charge in [0.15, 0.2) is 0 Å². The van der Waals surface area contributed by atoms with Gasteiger partial charge < -0.3 is 65.0 Å². The summed E-state index contributed by atoms with van der Waals surface area (Å²) in [5.74, 6) is -7.31. The molecular weight excluding hydrogens is 1150 g/mol. The van der Waals surface area contributed by atoms with E-state index in [1.54, 1.807) is 33.8 Å². The van der Waals surface area contributed by atoms with E-state index in [9.17, 15) is 57.0 Å². The molecule has 28 nitrogen and oxygen atoms in total. The molecule has 8 rings (SSSR count). The van der Waals surface area contributed by atoms with Gasteiger partial charge in [0, 0.05) is 54.6 Å². The number of aliphatic carboxylic acids is 1. The Bertz CT molecular complexity index is 3400. The minimum Gasteiger partial charge on any atom is -0.481 e. The fourth-order valence-corrected chi connectivity index (χ4v) is 12.2. The summed E-state index contributed by atoms with van der Waals surface area (Å²) in [6.07, 6.45) is -0.788. The summed E-state index contributed by atoms with van der Waals surface area (Å²) < 4.78 is 67.1. The van der Waals surface area contributed by atoms with Crippen LogP contribution in [-0.2, 0) is 92.4 Å². The number of cyclic esters (lactones) is 1. The Morgan fingerprint density at radius 3 is 2.36 bits per heavy atom. The number of carboxylic acids is 1. The number of benzene rings is 1. The van der Waals surface area contributed by atoms with Crippen LogP contribution in [0.5, 0.6) is 0 Å². The molecule has 1 saturated heterocycles. The minimum atomic E-state index is -4.05. The molecule has 4 aromatic rings. The Labute approximate surface area is 484 Å². The number of aromatic nitrogens is 4. The Kier molecular flexibility index (Phi) is 20.2. The molecule has 3 aliphatic heterocycles. The van der Waals surface area contributed by atoms with Crippen molar-refractivity contribution < 1.29 is 80.3 Å². The molecule has 0 bridgehead atoms. The molecule has 1 unspecified atom stereocenters. The number of aliphatic hydroxyl groups is 1. The topological polar surface area (TPSA) is 404 Å². The largest absolute Gasteiger partial charge is 0.481 e. The second-order valence-electron chi connectivity index (χ2n) is 21.0. The highest BCUT2D eigenvalue weighted by Crippen LogP contribution is 2.46. The second kappa shape index (κ2) is 26.9. The van der Waals surface area contributed by atoms with Gasteiger partial charge in [0.25, 0.3) is 15.6 Å². The van der Waals surface area contributed by atoms with Gasteiger partial charge in [0.05, 0.1) is 75.1 Å². The molecule has 84 heavy (non-hydrogen) atoms. The normalized spacial score (nSPS) is 19.0. The van der Waals surface area contributed by atoms with Gasteiger partial charge in [-0.05, 0) is 74.1 Å². The van der Waals surface area contributed by atoms with Crippen molar-refractivity contribution in [2.75, 3.05) is 58.0 Å². The Morgan fingerprint density at radius 2 is 1.68 bits per heavy atom.